The standard InChI is InChI=1S/C37H37Cl2FN6O3/c1-49-37-22(17-41-18-24-6-9-32(47)43-24)5-8-31(45-37)28-4-2-3-26(34(28)38)27-11-13-42-36(35(27)39)23-15-21-12-14-46(20-29(21)30(40)16-23)19-25-7-10-33(48)44-25/h2-5,8,11,13,15-16,24-25,41H,6-7,9-10,12,14,17-20H2,1H3,(H,43,47)(H,44,48). The zero-order valence-electron chi connectivity index (χ0n) is 27.1. The van der Waals surface area contributed by atoms with Crippen molar-refractivity contribution in [2.45, 2.75) is 57.3 Å². The van der Waals surface area contributed by atoms with Gasteiger partial charge in [-0.25, -0.2) is 9.37 Å². The third-order valence-electron chi connectivity index (χ3n) is 9.58. The van der Waals surface area contributed by atoms with E-state index in [1.165, 1.54) is 6.07 Å². The number of fused-ring (bicyclic) bond motifs is 1. The number of ether oxygens (including phenoxy) is 1. The Morgan fingerprint density at radius 1 is 0.959 bits per heavy atom. The molecule has 4 aromatic rings. The average Bonchev–Trinajstić information content (AvgIpc) is 3.72. The molecule has 49 heavy (non-hydrogen) atoms. The normalized spacial score (nSPS) is 19.1. The Hall–Kier alpha value is -4.09. The van der Waals surface area contributed by atoms with Crippen LogP contribution in [0.3, 0.4) is 0 Å². The van der Waals surface area contributed by atoms with E-state index in [2.05, 4.69) is 25.8 Å². The third-order valence-corrected chi connectivity index (χ3v) is 10.4. The zero-order chi connectivity index (χ0) is 34.1. The maximum Gasteiger partial charge on any atom is 0.220 e. The summed E-state index contributed by atoms with van der Waals surface area (Å²) in [5, 5.41) is 10.2. The molecular weight excluding hydrogens is 666 g/mol. The molecule has 0 aliphatic carbocycles. The van der Waals surface area contributed by atoms with Crippen molar-refractivity contribution >= 4 is 35.0 Å². The molecule has 0 radical (unpaired) electrons. The number of rotatable bonds is 10. The molecule has 2 aromatic heterocycles. The summed E-state index contributed by atoms with van der Waals surface area (Å²) in [6, 6.07) is 15.1. The summed E-state index contributed by atoms with van der Waals surface area (Å²) in [6.07, 6.45) is 5.11. The van der Waals surface area contributed by atoms with Gasteiger partial charge in [-0.3, -0.25) is 19.5 Å². The summed E-state index contributed by atoms with van der Waals surface area (Å²) >= 11 is 14.1. The SMILES string of the molecule is COc1nc(-c2cccc(-c3ccnc(-c4cc(F)c5c(c4)CCN(CC4CCC(=O)N4)C5)c3Cl)c2Cl)ccc1CNCC1CCC(=O)N1. The smallest absolute Gasteiger partial charge is 0.220 e. The van der Waals surface area contributed by atoms with E-state index in [0.29, 0.717) is 101 Å². The first-order valence-corrected chi connectivity index (χ1v) is 17.3. The van der Waals surface area contributed by atoms with E-state index in [-0.39, 0.29) is 29.7 Å². The molecule has 7 rings (SSSR count). The molecule has 0 spiro atoms. The number of aromatic nitrogens is 2. The summed E-state index contributed by atoms with van der Waals surface area (Å²) in [5.41, 5.74) is 6.31. The number of carbonyl (C=O) groups is 2. The Morgan fingerprint density at radius 3 is 2.47 bits per heavy atom. The molecule has 2 amide bonds. The van der Waals surface area contributed by atoms with Crippen LogP contribution in [-0.4, -0.2) is 65.5 Å². The highest BCUT2D eigenvalue weighted by molar-refractivity contribution is 6.39. The fourth-order valence-corrected chi connectivity index (χ4v) is 7.67. The maximum absolute atomic E-state index is 15.6. The van der Waals surface area contributed by atoms with Crippen molar-refractivity contribution in [2.24, 2.45) is 0 Å². The second-order valence-corrected chi connectivity index (χ2v) is 13.6. The van der Waals surface area contributed by atoms with Crippen molar-refractivity contribution in [3.8, 4) is 39.5 Å². The molecule has 2 aromatic carbocycles. The minimum absolute atomic E-state index is 0.0847. The van der Waals surface area contributed by atoms with Crippen LogP contribution in [0.25, 0.3) is 33.6 Å². The Kier molecular flexibility index (Phi) is 9.82. The van der Waals surface area contributed by atoms with Gasteiger partial charge in [0.2, 0.25) is 17.7 Å². The second kappa shape index (κ2) is 14.4. The first-order valence-electron chi connectivity index (χ1n) is 16.6. The minimum atomic E-state index is -0.292. The van der Waals surface area contributed by atoms with Crippen molar-refractivity contribution in [2.75, 3.05) is 26.7 Å². The molecule has 0 saturated carbocycles. The van der Waals surface area contributed by atoms with Crippen LogP contribution in [0.15, 0.2) is 54.7 Å². The Labute approximate surface area is 294 Å². The van der Waals surface area contributed by atoms with Crippen molar-refractivity contribution in [3.05, 3.63) is 87.3 Å². The Balaban J connectivity index is 1.11. The lowest BCUT2D eigenvalue weighted by atomic mass is 9.94. The molecule has 5 heterocycles. The molecule has 2 saturated heterocycles. The van der Waals surface area contributed by atoms with Gasteiger partial charge in [-0.1, -0.05) is 47.5 Å². The number of hydrogen-bond donors (Lipinski definition) is 3. The fraction of sp³-hybridized carbons (Fsp3) is 0.351. The van der Waals surface area contributed by atoms with Crippen LogP contribution >= 0.6 is 23.2 Å². The van der Waals surface area contributed by atoms with Crippen molar-refractivity contribution in [1.82, 2.24) is 30.8 Å². The molecule has 3 aliphatic heterocycles. The number of nitrogens with zero attached hydrogens (tertiary/aromatic N) is 3. The number of halogens is 3. The number of amides is 2. The van der Waals surface area contributed by atoms with Gasteiger partial charge in [-0.15, -0.1) is 0 Å². The van der Waals surface area contributed by atoms with Crippen LogP contribution in [0, 0.1) is 5.82 Å². The Morgan fingerprint density at radius 2 is 1.71 bits per heavy atom. The van der Waals surface area contributed by atoms with Gasteiger partial charge in [-0.05, 0) is 49.1 Å². The van der Waals surface area contributed by atoms with Crippen LogP contribution in [0.1, 0.15) is 42.4 Å². The molecule has 2 unspecified atom stereocenters. The van der Waals surface area contributed by atoms with Gasteiger partial charge >= 0.3 is 0 Å². The zero-order valence-corrected chi connectivity index (χ0v) is 28.6. The predicted molar refractivity (Wildman–Crippen MR) is 188 cm³/mol. The Bertz CT molecular complexity index is 1920. The highest BCUT2D eigenvalue weighted by Crippen LogP contribution is 2.42. The molecule has 12 heteroatoms. The van der Waals surface area contributed by atoms with Crippen LogP contribution in [0.4, 0.5) is 4.39 Å². The quantitative estimate of drug-likeness (QED) is 0.188. The summed E-state index contributed by atoms with van der Waals surface area (Å²) in [6.45, 7) is 3.19. The van der Waals surface area contributed by atoms with E-state index in [1.54, 1.807) is 19.4 Å². The van der Waals surface area contributed by atoms with Gasteiger partial charge < -0.3 is 20.7 Å². The molecule has 2 fully saturated rings. The van der Waals surface area contributed by atoms with E-state index >= 15 is 4.39 Å². The summed E-state index contributed by atoms with van der Waals surface area (Å²) < 4.78 is 21.3. The van der Waals surface area contributed by atoms with Gasteiger partial charge in [0.15, 0.2) is 0 Å². The topological polar surface area (TPSA) is 108 Å². The molecule has 9 nitrogen and oxygen atoms in total. The van der Waals surface area contributed by atoms with Gasteiger partial charge in [0.05, 0.1) is 28.5 Å². The number of pyridine rings is 2. The van der Waals surface area contributed by atoms with Crippen molar-refractivity contribution in [3.63, 3.8) is 0 Å². The number of hydrogen-bond acceptors (Lipinski definition) is 7. The van der Waals surface area contributed by atoms with Crippen LogP contribution in [-0.2, 0) is 29.1 Å². The van der Waals surface area contributed by atoms with E-state index in [1.807, 2.05) is 36.4 Å². The van der Waals surface area contributed by atoms with Crippen LogP contribution in [0.5, 0.6) is 5.88 Å². The van der Waals surface area contributed by atoms with Gasteiger partial charge in [0.1, 0.15) is 5.82 Å². The van der Waals surface area contributed by atoms with E-state index in [4.69, 9.17) is 32.9 Å². The first-order chi connectivity index (χ1) is 23.8. The highest BCUT2D eigenvalue weighted by atomic mass is 35.5. The maximum atomic E-state index is 15.6. The van der Waals surface area contributed by atoms with Crippen molar-refractivity contribution < 1.29 is 18.7 Å². The van der Waals surface area contributed by atoms with Crippen LogP contribution < -0.4 is 20.7 Å². The van der Waals surface area contributed by atoms with Crippen molar-refractivity contribution in [1.29, 1.82) is 0 Å². The average molecular weight is 704 g/mol. The predicted octanol–water partition coefficient (Wildman–Crippen LogP) is 5.94. The first kappa shape index (κ1) is 33.4. The summed E-state index contributed by atoms with van der Waals surface area (Å²) in [5.74, 6) is 0.364. The lowest BCUT2D eigenvalue weighted by Crippen LogP contribution is -2.41. The van der Waals surface area contributed by atoms with Gasteiger partial charge in [0.25, 0.3) is 0 Å². The summed E-state index contributed by atoms with van der Waals surface area (Å²) in [7, 11) is 1.58. The monoisotopic (exact) mass is 702 g/mol. The lowest BCUT2D eigenvalue weighted by molar-refractivity contribution is -0.120. The molecule has 3 N–H and O–H groups in total. The highest BCUT2D eigenvalue weighted by Gasteiger charge is 2.27. The largest absolute Gasteiger partial charge is 0.481 e. The molecule has 254 valence electrons. The second-order valence-electron chi connectivity index (χ2n) is 12.9. The van der Waals surface area contributed by atoms with Crippen LogP contribution in [0.2, 0.25) is 10.0 Å². The number of nitrogens with one attached hydrogen (secondary N) is 3. The molecule has 0 bridgehead atoms. The third kappa shape index (κ3) is 7.14. The fourth-order valence-electron chi connectivity index (χ4n) is 7.03. The lowest BCUT2D eigenvalue weighted by Gasteiger charge is -2.31. The van der Waals surface area contributed by atoms with E-state index < -0.39 is 0 Å². The summed E-state index contributed by atoms with van der Waals surface area (Å²) in [4.78, 5) is 34.7. The van der Waals surface area contributed by atoms with E-state index in [0.717, 1.165) is 30.5 Å². The molecule has 2 atom stereocenters. The minimum Gasteiger partial charge on any atom is -0.481 e. The molecular formula is C37H37Cl2FN6O3. The number of methoxy groups -OCH3 is 1. The number of carbonyl (C=O) groups excluding carboxylic acids is 2. The van der Waals surface area contributed by atoms with Gasteiger partial charge in [0, 0.05) is 97.2 Å². The van der Waals surface area contributed by atoms with Gasteiger partial charge in [-0.2, -0.15) is 0 Å². The molecule has 3 aliphatic rings. The van der Waals surface area contributed by atoms with E-state index in [9.17, 15) is 9.59 Å². The number of benzene rings is 2.